The first-order valence-corrected chi connectivity index (χ1v) is 6.38. The summed E-state index contributed by atoms with van der Waals surface area (Å²) in [5.41, 5.74) is 6.42. The van der Waals surface area contributed by atoms with Crippen LogP contribution in [0.4, 0.5) is 11.1 Å². The van der Waals surface area contributed by atoms with Crippen molar-refractivity contribution in [1.82, 2.24) is 15.1 Å². The second-order valence-corrected chi connectivity index (χ2v) is 4.40. The molecular formula is C10H15N5OS. The van der Waals surface area contributed by atoms with E-state index in [0.29, 0.717) is 23.4 Å². The number of aromatic nitrogens is 3. The van der Waals surface area contributed by atoms with Gasteiger partial charge in [0.15, 0.2) is 5.13 Å². The maximum Gasteiger partial charge on any atom is 0.266 e. The van der Waals surface area contributed by atoms with Gasteiger partial charge < -0.3 is 15.2 Å². The molecule has 92 valence electrons. The first kappa shape index (κ1) is 11.8. The summed E-state index contributed by atoms with van der Waals surface area (Å²) in [5.74, 6) is 1.20. The van der Waals surface area contributed by atoms with Crippen LogP contribution in [-0.4, -0.2) is 28.2 Å². The van der Waals surface area contributed by atoms with E-state index >= 15 is 0 Å². The number of thiazole rings is 1. The lowest BCUT2D eigenvalue weighted by Gasteiger charge is -2.14. The molecule has 0 atom stereocenters. The van der Waals surface area contributed by atoms with Crippen molar-refractivity contribution in [2.24, 2.45) is 0 Å². The summed E-state index contributed by atoms with van der Waals surface area (Å²) in [7, 11) is 0. The third-order valence-corrected chi connectivity index (χ3v) is 3.13. The molecule has 7 heteroatoms. The number of hydrogen-bond acceptors (Lipinski definition) is 7. The molecule has 0 aromatic carbocycles. The maximum absolute atomic E-state index is 5.56. The highest BCUT2D eigenvalue weighted by atomic mass is 32.1. The van der Waals surface area contributed by atoms with Gasteiger partial charge in [0.05, 0.1) is 12.1 Å². The van der Waals surface area contributed by atoms with Crippen molar-refractivity contribution >= 4 is 22.4 Å². The van der Waals surface area contributed by atoms with Gasteiger partial charge in [-0.3, -0.25) is 0 Å². The fourth-order valence-electron chi connectivity index (χ4n) is 1.51. The van der Waals surface area contributed by atoms with E-state index < -0.39 is 0 Å². The molecule has 0 spiro atoms. The molecule has 2 aromatic heterocycles. The van der Waals surface area contributed by atoms with Crippen molar-refractivity contribution in [1.29, 1.82) is 0 Å². The van der Waals surface area contributed by atoms with Crippen molar-refractivity contribution in [2.75, 3.05) is 23.7 Å². The molecule has 2 aromatic rings. The molecule has 0 aliphatic heterocycles. The Hall–Kier alpha value is -1.63. The van der Waals surface area contributed by atoms with Gasteiger partial charge in [-0.05, 0) is 19.0 Å². The van der Waals surface area contributed by atoms with Gasteiger partial charge in [0.1, 0.15) is 0 Å². The molecule has 0 bridgehead atoms. The minimum absolute atomic E-state index is 0.530. The number of nitrogens with zero attached hydrogens (tertiary/aromatic N) is 4. The van der Waals surface area contributed by atoms with Gasteiger partial charge in [-0.15, -0.1) is 11.3 Å². The lowest BCUT2D eigenvalue weighted by molar-refractivity contribution is 0.383. The average Bonchev–Trinajstić information content (AvgIpc) is 2.91. The summed E-state index contributed by atoms with van der Waals surface area (Å²) in [6, 6.07) is 0. The molecule has 0 aliphatic rings. The zero-order chi connectivity index (χ0) is 12.3. The van der Waals surface area contributed by atoms with E-state index in [1.165, 1.54) is 11.3 Å². The van der Waals surface area contributed by atoms with Crippen LogP contribution in [-0.2, 0) is 6.42 Å². The smallest absolute Gasteiger partial charge is 0.266 e. The third kappa shape index (κ3) is 2.73. The van der Waals surface area contributed by atoms with E-state index in [9.17, 15) is 0 Å². The molecule has 0 saturated heterocycles. The highest BCUT2D eigenvalue weighted by Crippen LogP contribution is 2.16. The van der Waals surface area contributed by atoms with Gasteiger partial charge in [-0.25, -0.2) is 4.98 Å². The highest BCUT2D eigenvalue weighted by molar-refractivity contribution is 7.13. The lowest BCUT2D eigenvalue weighted by atomic mass is 10.3. The number of anilines is 2. The van der Waals surface area contributed by atoms with Crippen LogP contribution in [0, 0.1) is 0 Å². The Morgan fingerprint density at radius 2 is 2.12 bits per heavy atom. The lowest BCUT2D eigenvalue weighted by Crippen LogP contribution is -2.22. The maximum atomic E-state index is 5.56. The third-order valence-electron chi connectivity index (χ3n) is 2.41. The van der Waals surface area contributed by atoms with Crippen molar-refractivity contribution in [2.45, 2.75) is 20.3 Å². The Morgan fingerprint density at radius 1 is 1.35 bits per heavy atom. The average molecular weight is 253 g/mol. The molecule has 2 N–H and O–H groups in total. The molecule has 2 heterocycles. The molecule has 0 radical (unpaired) electrons. The van der Waals surface area contributed by atoms with E-state index in [0.717, 1.165) is 18.8 Å². The summed E-state index contributed by atoms with van der Waals surface area (Å²) in [5, 5.41) is 6.40. The minimum Gasteiger partial charge on any atom is -0.375 e. The predicted octanol–water partition coefficient (Wildman–Crippen LogP) is 1.55. The van der Waals surface area contributed by atoms with Crippen LogP contribution in [0.3, 0.4) is 0 Å². The molecule has 6 nitrogen and oxygen atoms in total. The number of rotatable bonds is 5. The van der Waals surface area contributed by atoms with Crippen molar-refractivity contribution in [3.63, 3.8) is 0 Å². The van der Waals surface area contributed by atoms with E-state index in [1.54, 1.807) is 0 Å². The molecule has 17 heavy (non-hydrogen) atoms. The molecule has 0 fully saturated rings. The predicted molar refractivity (Wildman–Crippen MR) is 67.2 cm³/mol. The van der Waals surface area contributed by atoms with Crippen LogP contribution in [0.1, 0.15) is 25.4 Å². The first-order valence-electron chi connectivity index (χ1n) is 5.50. The Bertz CT molecular complexity index is 477. The fraction of sp³-hybridized carbons (Fsp3) is 0.500. The molecule has 0 amide bonds. The summed E-state index contributed by atoms with van der Waals surface area (Å²) in [4.78, 5) is 10.5. The van der Waals surface area contributed by atoms with E-state index in [4.69, 9.17) is 10.3 Å². The molecular weight excluding hydrogens is 238 g/mol. The van der Waals surface area contributed by atoms with Crippen molar-refractivity contribution in [3.8, 4) is 0 Å². The van der Waals surface area contributed by atoms with Gasteiger partial charge >= 0.3 is 0 Å². The van der Waals surface area contributed by atoms with Crippen LogP contribution in [0.25, 0.3) is 0 Å². The monoisotopic (exact) mass is 253 g/mol. The second kappa shape index (κ2) is 5.13. The van der Waals surface area contributed by atoms with Gasteiger partial charge in [0, 0.05) is 18.5 Å². The van der Waals surface area contributed by atoms with Crippen LogP contribution in [0.5, 0.6) is 0 Å². The van der Waals surface area contributed by atoms with E-state index in [2.05, 4.69) is 29.0 Å². The quantitative estimate of drug-likeness (QED) is 0.870. The molecule has 2 rings (SSSR count). The molecule has 0 aliphatic carbocycles. The number of hydrogen-bond donors (Lipinski definition) is 1. The van der Waals surface area contributed by atoms with Crippen molar-refractivity contribution in [3.05, 3.63) is 17.0 Å². The van der Waals surface area contributed by atoms with Gasteiger partial charge in [0.2, 0.25) is 5.89 Å². The summed E-state index contributed by atoms with van der Waals surface area (Å²) >= 11 is 1.41. The Labute approximate surface area is 103 Å². The van der Waals surface area contributed by atoms with Crippen LogP contribution in [0.15, 0.2) is 9.90 Å². The van der Waals surface area contributed by atoms with E-state index in [1.807, 2.05) is 10.3 Å². The standard InChI is InChI=1S/C10H15N5OS/c1-3-15(4-2)10-13-8(16-14-10)5-7-6-17-9(11)12-7/h6H,3-5H2,1-2H3,(H2,11,12). The first-order chi connectivity index (χ1) is 8.22. The fourth-order valence-corrected chi connectivity index (χ4v) is 2.07. The van der Waals surface area contributed by atoms with Crippen LogP contribution >= 0.6 is 11.3 Å². The Kier molecular flexibility index (Phi) is 3.58. The topological polar surface area (TPSA) is 81.1 Å². The second-order valence-electron chi connectivity index (χ2n) is 3.51. The SMILES string of the molecule is CCN(CC)c1noc(Cc2csc(N)n2)n1. The summed E-state index contributed by atoms with van der Waals surface area (Å²) < 4.78 is 5.18. The molecule has 0 saturated carbocycles. The van der Waals surface area contributed by atoms with Crippen LogP contribution < -0.4 is 10.6 Å². The summed E-state index contributed by atoms with van der Waals surface area (Å²) in [6.45, 7) is 5.83. The highest BCUT2D eigenvalue weighted by Gasteiger charge is 2.12. The van der Waals surface area contributed by atoms with Gasteiger partial charge in [0.25, 0.3) is 5.95 Å². The zero-order valence-electron chi connectivity index (χ0n) is 9.88. The number of nitrogens with two attached hydrogens (primary N) is 1. The zero-order valence-corrected chi connectivity index (χ0v) is 10.7. The van der Waals surface area contributed by atoms with Crippen LogP contribution in [0.2, 0.25) is 0 Å². The minimum atomic E-state index is 0.530. The van der Waals surface area contributed by atoms with Crippen molar-refractivity contribution < 1.29 is 4.52 Å². The largest absolute Gasteiger partial charge is 0.375 e. The summed E-state index contributed by atoms with van der Waals surface area (Å²) in [6.07, 6.45) is 0.530. The van der Waals surface area contributed by atoms with E-state index in [-0.39, 0.29) is 0 Å². The van der Waals surface area contributed by atoms with Gasteiger partial charge in [-0.1, -0.05) is 0 Å². The Morgan fingerprint density at radius 3 is 2.71 bits per heavy atom. The number of nitrogen functional groups attached to an aromatic ring is 1. The molecule has 0 unspecified atom stereocenters. The Balaban J connectivity index is 2.08. The normalized spacial score (nSPS) is 10.7. The van der Waals surface area contributed by atoms with Gasteiger partial charge in [-0.2, -0.15) is 4.98 Å².